The van der Waals surface area contributed by atoms with E-state index in [1.54, 1.807) is 19.1 Å². The Labute approximate surface area is 147 Å². The second kappa shape index (κ2) is 7.25. The molecule has 25 heavy (non-hydrogen) atoms. The number of nitrogens with zero attached hydrogens (tertiary/aromatic N) is 4. The fraction of sp³-hybridized carbons (Fsp3) is 0.444. The zero-order valence-corrected chi connectivity index (χ0v) is 14.8. The van der Waals surface area contributed by atoms with Crippen LogP contribution in [0.15, 0.2) is 36.5 Å². The summed E-state index contributed by atoms with van der Waals surface area (Å²) in [6, 6.07) is 9.62. The van der Waals surface area contributed by atoms with E-state index in [1.165, 1.54) is 10.9 Å². The maximum atomic E-state index is 12.7. The molecule has 0 saturated carbocycles. The number of aromatic nitrogens is 2. The summed E-state index contributed by atoms with van der Waals surface area (Å²) in [5, 5.41) is 14.4. The molecule has 134 valence electrons. The molecule has 0 aliphatic carbocycles. The highest BCUT2D eigenvalue weighted by Crippen LogP contribution is 2.22. The molecule has 0 unspecified atom stereocenters. The van der Waals surface area contributed by atoms with Crippen molar-refractivity contribution in [2.75, 3.05) is 34.3 Å². The van der Waals surface area contributed by atoms with Crippen LogP contribution >= 0.6 is 0 Å². The molecule has 2 heterocycles. The van der Waals surface area contributed by atoms with Gasteiger partial charge in [-0.15, -0.1) is 0 Å². The highest BCUT2D eigenvalue weighted by Gasteiger charge is 2.32. The van der Waals surface area contributed by atoms with Crippen molar-refractivity contribution in [3.05, 3.63) is 42.2 Å². The third-order valence-electron chi connectivity index (χ3n) is 4.73. The molecule has 1 aliphatic rings. The number of amides is 1. The predicted molar refractivity (Wildman–Crippen MR) is 94.0 cm³/mol. The number of para-hydroxylation sites is 1. The van der Waals surface area contributed by atoms with Crippen molar-refractivity contribution in [3.8, 4) is 11.4 Å². The Kier molecular flexibility index (Phi) is 5.06. The number of carbonyl (C=O) groups is 1. The Morgan fingerprint density at radius 3 is 2.76 bits per heavy atom. The molecule has 0 bridgehead atoms. The Hall–Kier alpha value is -2.38. The minimum Gasteiger partial charge on any atom is -0.504 e. The normalized spacial score (nSPS) is 20.8. The molecule has 1 aromatic carbocycles. The maximum Gasteiger partial charge on any atom is 0.278 e. The van der Waals surface area contributed by atoms with Crippen molar-refractivity contribution in [1.29, 1.82) is 0 Å². The molecule has 3 rings (SSSR count). The lowest BCUT2D eigenvalue weighted by molar-refractivity contribution is 0.0751. The van der Waals surface area contributed by atoms with Crippen molar-refractivity contribution >= 4 is 5.91 Å². The van der Waals surface area contributed by atoms with Gasteiger partial charge in [-0.1, -0.05) is 18.2 Å². The van der Waals surface area contributed by atoms with Crippen molar-refractivity contribution in [2.24, 2.45) is 0 Å². The summed E-state index contributed by atoms with van der Waals surface area (Å²) in [5.74, 6) is -0.406. The van der Waals surface area contributed by atoms with Crippen LogP contribution in [0.1, 0.15) is 16.9 Å². The average molecular weight is 344 g/mol. The van der Waals surface area contributed by atoms with Crippen molar-refractivity contribution in [1.82, 2.24) is 19.6 Å². The van der Waals surface area contributed by atoms with E-state index in [0.29, 0.717) is 6.54 Å². The maximum absolute atomic E-state index is 12.7. The molecule has 2 aromatic rings. The fourth-order valence-electron chi connectivity index (χ4n) is 3.22. The molecule has 2 atom stereocenters. The van der Waals surface area contributed by atoms with Crippen LogP contribution in [0.3, 0.4) is 0 Å². The average Bonchev–Trinajstić information content (AvgIpc) is 3.18. The standard InChI is InChI=1S/C18H24N4O3/c1-20-11-15(25-3)9-14(20)10-21(2)18(24)17-16(23)12-22(19-17)13-7-5-4-6-8-13/h4-8,12,14-15,23H,9-11H2,1-3H3/t14-,15-/m0/s1. The monoisotopic (exact) mass is 344 g/mol. The molecule has 1 amide bonds. The van der Waals surface area contributed by atoms with Gasteiger partial charge in [0.2, 0.25) is 0 Å². The molecule has 1 aromatic heterocycles. The van der Waals surface area contributed by atoms with E-state index >= 15 is 0 Å². The summed E-state index contributed by atoms with van der Waals surface area (Å²) in [6.07, 6.45) is 2.54. The Balaban J connectivity index is 1.71. The summed E-state index contributed by atoms with van der Waals surface area (Å²) in [4.78, 5) is 16.5. The Morgan fingerprint density at radius 2 is 2.12 bits per heavy atom. The van der Waals surface area contributed by atoms with Crippen LogP contribution in [0, 0.1) is 0 Å². The topological polar surface area (TPSA) is 70.8 Å². The molecule has 7 nitrogen and oxygen atoms in total. The number of hydrogen-bond donors (Lipinski definition) is 1. The van der Waals surface area contributed by atoms with Gasteiger partial charge in [-0.3, -0.25) is 9.69 Å². The quantitative estimate of drug-likeness (QED) is 0.887. The first-order chi connectivity index (χ1) is 12.0. The summed E-state index contributed by atoms with van der Waals surface area (Å²) >= 11 is 0. The minimum absolute atomic E-state index is 0.0651. The molecule has 1 saturated heterocycles. The van der Waals surface area contributed by atoms with Gasteiger partial charge in [0.05, 0.1) is 18.0 Å². The van der Waals surface area contributed by atoms with Crippen LogP contribution in [0.25, 0.3) is 5.69 Å². The summed E-state index contributed by atoms with van der Waals surface area (Å²) in [6.45, 7) is 1.42. The largest absolute Gasteiger partial charge is 0.504 e. The minimum atomic E-state index is -0.290. The number of likely N-dealkylation sites (N-methyl/N-ethyl adjacent to an activating group) is 2. The second-order valence-corrected chi connectivity index (χ2v) is 6.52. The number of aromatic hydroxyl groups is 1. The number of ether oxygens (including phenoxy) is 1. The molecular formula is C18H24N4O3. The van der Waals surface area contributed by atoms with Gasteiger partial charge < -0.3 is 14.7 Å². The molecule has 7 heteroatoms. The van der Waals surface area contributed by atoms with Crippen LogP contribution in [-0.2, 0) is 4.74 Å². The van der Waals surface area contributed by atoms with Gasteiger partial charge >= 0.3 is 0 Å². The second-order valence-electron chi connectivity index (χ2n) is 6.52. The van der Waals surface area contributed by atoms with E-state index in [4.69, 9.17) is 4.74 Å². The molecule has 0 radical (unpaired) electrons. The van der Waals surface area contributed by atoms with E-state index in [-0.39, 0.29) is 29.5 Å². The molecule has 1 aliphatic heterocycles. The van der Waals surface area contributed by atoms with Gasteiger partial charge in [0.1, 0.15) is 0 Å². The molecule has 1 N–H and O–H groups in total. The van der Waals surface area contributed by atoms with Crippen LogP contribution < -0.4 is 0 Å². The highest BCUT2D eigenvalue weighted by molar-refractivity contribution is 5.94. The third kappa shape index (κ3) is 3.67. The SMILES string of the molecule is CO[C@H]1C[C@@H](CN(C)C(=O)c2nn(-c3ccccc3)cc2O)N(C)C1. The smallest absolute Gasteiger partial charge is 0.278 e. The molecular weight excluding hydrogens is 320 g/mol. The first-order valence-corrected chi connectivity index (χ1v) is 8.32. The third-order valence-corrected chi connectivity index (χ3v) is 4.73. The zero-order valence-electron chi connectivity index (χ0n) is 14.8. The van der Waals surface area contributed by atoms with Crippen LogP contribution in [0.4, 0.5) is 0 Å². The lowest BCUT2D eigenvalue weighted by Gasteiger charge is -2.25. The van der Waals surface area contributed by atoms with Gasteiger partial charge in [0.15, 0.2) is 11.4 Å². The molecule has 1 fully saturated rings. The van der Waals surface area contributed by atoms with Crippen LogP contribution in [-0.4, -0.2) is 77.0 Å². The Morgan fingerprint density at radius 1 is 1.40 bits per heavy atom. The molecule has 0 spiro atoms. The first-order valence-electron chi connectivity index (χ1n) is 8.32. The number of likely N-dealkylation sites (tertiary alicyclic amines) is 1. The van der Waals surface area contributed by atoms with Gasteiger partial charge in [0.25, 0.3) is 5.91 Å². The van der Waals surface area contributed by atoms with Crippen LogP contribution in [0.2, 0.25) is 0 Å². The number of methoxy groups -OCH3 is 1. The number of benzene rings is 1. The summed E-state index contributed by atoms with van der Waals surface area (Å²) in [5.41, 5.74) is 0.855. The fourth-order valence-corrected chi connectivity index (χ4v) is 3.22. The van der Waals surface area contributed by atoms with E-state index in [1.807, 2.05) is 37.4 Å². The van der Waals surface area contributed by atoms with Gasteiger partial charge in [0, 0.05) is 33.3 Å². The van der Waals surface area contributed by atoms with E-state index in [0.717, 1.165) is 18.7 Å². The highest BCUT2D eigenvalue weighted by atomic mass is 16.5. The number of hydrogen-bond acceptors (Lipinski definition) is 5. The Bertz CT molecular complexity index is 731. The van der Waals surface area contributed by atoms with Crippen LogP contribution in [0.5, 0.6) is 5.75 Å². The number of carbonyl (C=O) groups excluding carboxylic acids is 1. The van der Waals surface area contributed by atoms with Crippen molar-refractivity contribution < 1.29 is 14.6 Å². The zero-order chi connectivity index (χ0) is 18.0. The van der Waals surface area contributed by atoms with Crippen molar-refractivity contribution in [3.63, 3.8) is 0 Å². The van der Waals surface area contributed by atoms with Gasteiger partial charge in [-0.25, -0.2) is 4.68 Å². The van der Waals surface area contributed by atoms with E-state index in [9.17, 15) is 9.90 Å². The van der Waals surface area contributed by atoms with E-state index < -0.39 is 0 Å². The lowest BCUT2D eigenvalue weighted by atomic mass is 10.2. The first kappa shape index (κ1) is 17.4. The van der Waals surface area contributed by atoms with Gasteiger partial charge in [-0.2, -0.15) is 5.10 Å². The summed E-state index contributed by atoms with van der Waals surface area (Å²) in [7, 11) is 5.48. The predicted octanol–water partition coefficient (Wildman–Crippen LogP) is 1.37. The summed E-state index contributed by atoms with van der Waals surface area (Å²) < 4.78 is 6.92. The van der Waals surface area contributed by atoms with Gasteiger partial charge in [-0.05, 0) is 25.6 Å². The van der Waals surface area contributed by atoms with E-state index in [2.05, 4.69) is 10.00 Å². The van der Waals surface area contributed by atoms with Crippen molar-refractivity contribution in [2.45, 2.75) is 18.6 Å². The number of rotatable bonds is 5. The lowest BCUT2D eigenvalue weighted by Crippen LogP contribution is -2.39.